The first kappa shape index (κ1) is 10.6. The van der Waals surface area contributed by atoms with Crippen molar-refractivity contribution < 1.29 is 0 Å². The molecule has 3 heteroatoms. The Labute approximate surface area is 75.5 Å². The van der Waals surface area contributed by atoms with Crippen LogP contribution in [0.5, 0.6) is 0 Å². The Morgan fingerprint density at radius 3 is 1.44 bits per heavy atom. The molecule has 9 heavy (non-hydrogen) atoms. The molecule has 2 radical (unpaired) electrons. The summed E-state index contributed by atoms with van der Waals surface area (Å²) in [6.45, 7) is 9.16. The molecule has 0 nitrogen and oxygen atoms in total. The summed E-state index contributed by atoms with van der Waals surface area (Å²) in [7, 11) is 4.43. The molecule has 54 valence electrons. The van der Waals surface area contributed by atoms with Gasteiger partial charge in [-0.25, -0.2) is 0 Å². The van der Waals surface area contributed by atoms with Crippen molar-refractivity contribution in [1.82, 2.24) is 0 Å². The molecule has 0 saturated carbocycles. The Kier molecular flexibility index (Phi) is 7.48. The van der Waals surface area contributed by atoms with Crippen LogP contribution in [0.15, 0.2) is 0 Å². The first-order valence-electron chi connectivity index (χ1n) is 3.19. The van der Waals surface area contributed by atoms with Crippen LogP contribution in [0, 0.1) is 0 Å². The molecule has 0 aliphatic carbocycles. The Morgan fingerprint density at radius 2 is 1.22 bits per heavy atom. The third kappa shape index (κ3) is 9.62. The second-order valence-corrected chi connectivity index (χ2v) is 16.8. The van der Waals surface area contributed by atoms with E-state index in [1.165, 1.54) is 0 Å². The number of hydrogen-bond donors (Lipinski definition) is 0. The van der Waals surface area contributed by atoms with Crippen LogP contribution in [0.3, 0.4) is 0 Å². The maximum atomic E-state index is 2.29. The van der Waals surface area contributed by atoms with Gasteiger partial charge in [-0.15, -0.1) is 0 Å². The second kappa shape index (κ2) is 6.34. The molecule has 0 heterocycles. The summed E-state index contributed by atoms with van der Waals surface area (Å²) in [4.78, 5) is 0. The SMILES string of the molecule is CC(C)[S][Pb][S]C(C)C. The van der Waals surface area contributed by atoms with Gasteiger partial charge in [0.15, 0.2) is 0 Å². The number of rotatable bonds is 4. The van der Waals surface area contributed by atoms with Gasteiger partial charge in [-0.3, -0.25) is 0 Å². The molecule has 0 amide bonds. The zero-order valence-corrected chi connectivity index (χ0v) is 12.0. The molecule has 0 aliphatic heterocycles. The van der Waals surface area contributed by atoms with Crippen LogP contribution in [0.2, 0.25) is 0 Å². The van der Waals surface area contributed by atoms with Gasteiger partial charge in [0.1, 0.15) is 0 Å². The second-order valence-electron chi connectivity index (χ2n) is 2.42. The van der Waals surface area contributed by atoms with E-state index in [1.54, 1.807) is 0 Å². The van der Waals surface area contributed by atoms with Crippen molar-refractivity contribution in [3.63, 3.8) is 0 Å². The standard InChI is InChI=1S/2C3H8S.Pb/c2*1-3(2)4;/h2*3-4H,1-2H3;/q;;+2/p-2. The molecule has 0 N–H and O–H groups in total. The Morgan fingerprint density at radius 1 is 0.889 bits per heavy atom. The van der Waals surface area contributed by atoms with Crippen LogP contribution in [0.1, 0.15) is 27.7 Å². The third-order valence-electron chi connectivity index (χ3n) is 0.568. The van der Waals surface area contributed by atoms with Crippen LogP contribution in [-0.2, 0) is 0 Å². The molecule has 0 rings (SSSR count). The summed E-state index contributed by atoms with van der Waals surface area (Å²) in [5, 5.41) is 1.75. The fourth-order valence-electron chi connectivity index (χ4n) is 0.220. The van der Waals surface area contributed by atoms with Crippen LogP contribution in [0.4, 0.5) is 0 Å². The summed E-state index contributed by atoms with van der Waals surface area (Å²) in [5.74, 6) is 0. The van der Waals surface area contributed by atoms with Crippen molar-refractivity contribution in [2.45, 2.75) is 38.2 Å². The third-order valence-corrected chi connectivity index (χ3v) is 20.0. The van der Waals surface area contributed by atoms with Gasteiger partial charge in [0.25, 0.3) is 0 Å². The molecular weight excluding hydrogens is 343 g/mol. The molecule has 0 atom stereocenters. The van der Waals surface area contributed by atoms with E-state index >= 15 is 0 Å². The van der Waals surface area contributed by atoms with Crippen molar-refractivity contribution in [3.05, 3.63) is 0 Å². The molecule has 0 spiro atoms. The van der Waals surface area contributed by atoms with Crippen molar-refractivity contribution in [2.75, 3.05) is 0 Å². The van der Waals surface area contributed by atoms with E-state index in [2.05, 4.69) is 44.3 Å². The summed E-state index contributed by atoms with van der Waals surface area (Å²) >= 11 is -0.289. The van der Waals surface area contributed by atoms with Crippen molar-refractivity contribution in [2.24, 2.45) is 0 Å². The molecule has 0 unspecified atom stereocenters. The number of hydrogen-bond acceptors (Lipinski definition) is 2. The van der Waals surface area contributed by atoms with Gasteiger partial charge in [-0.05, 0) is 0 Å². The summed E-state index contributed by atoms with van der Waals surface area (Å²) in [6, 6.07) is 0. The fourth-order valence-corrected chi connectivity index (χ4v) is 17.4. The van der Waals surface area contributed by atoms with Gasteiger partial charge in [0.2, 0.25) is 0 Å². The Balaban J connectivity index is 2.91. The van der Waals surface area contributed by atoms with Crippen LogP contribution in [0.25, 0.3) is 0 Å². The van der Waals surface area contributed by atoms with E-state index in [0.717, 1.165) is 10.5 Å². The summed E-state index contributed by atoms with van der Waals surface area (Å²) in [6.07, 6.45) is 0. The van der Waals surface area contributed by atoms with Gasteiger partial charge < -0.3 is 0 Å². The fraction of sp³-hybridized carbons (Fsp3) is 1.00. The Bertz CT molecular complexity index is 56.1. The van der Waals surface area contributed by atoms with Gasteiger partial charge in [-0.1, -0.05) is 0 Å². The quantitative estimate of drug-likeness (QED) is 0.710. The molecular formula is C6H14PbS2. The molecule has 0 aromatic carbocycles. The zero-order chi connectivity index (χ0) is 7.28. The molecule has 0 fully saturated rings. The van der Waals surface area contributed by atoms with E-state index < -0.39 is 0 Å². The van der Waals surface area contributed by atoms with Gasteiger partial charge >= 0.3 is 76.1 Å². The van der Waals surface area contributed by atoms with Crippen LogP contribution < -0.4 is 0 Å². The van der Waals surface area contributed by atoms with Crippen LogP contribution >= 0.6 is 16.6 Å². The van der Waals surface area contributed by atoms with E-state index in [0.29, 0.717) is 0 Å². The monoisotopic (exact) mass is 358 g/mol. The predicted molar refractivity (Wildman–Crippen MR) is 51.2 cm³/mol. The van der Waals surface area contributed by atoms with Crippen LogP contribution in [-0.4, -0.2) is 31.7 Å². The molecule has 0 aromatic heterocycles. The average molecular weight is 358 g/mol. The predicted octanol–water partition coefficient (Wildman–Crippen LogP) is 2.80. The van der Waals surface area contributed by atoms with E-state index in [4.69, 9.17) is 0 Å². The molecule has 0 saturated heterocycles. The van der Waals surface area contributed by atoms with E-state index in [1.807, 2.05) is 0 Å². The van der Waals surface area contributed by atoms with Gasteiger partial charge in [-0.2, -0.15) is 0 Å². The maximum absolute atomic E-state index is 2.29. The van der Waals surface area contributed by atoms with E-state index in [-0.39, 0.29) is 21.2 Å². The first-order valence-corrected chi connectivity index (χ1v) is 14.5. The summed E-state index contributed by atoms with van der Waals surface area (Å²) < 4.78 is 0. The van der Waals surface area contributed by atoms with Gasteiger partial charge in [0, 0.05) is 0 Å². The minimum absolute atomic E-state index is 0.289. The molecule has 0 aliphatic rings. The van der Waals surface area contributed by atoms with Crippen molar-refractivity contribution in [1.29, 1.82) is 0 Å². The summed E-state index contributed by atoms with van der Waals surface area (Å²) in [5.41, 5.74) is 0. The minimum atomic E-state index is -0.289. The van der Waals surface area contributed by atoms with E-state index in [9.17, 15) is 0 Å². The molecule has 0 bridgehead atoms. The molecule has 0 aromatic rings. The Hall–Kier alpha value is 1.62. The van der Waals surface area contributed by atoms with Gasteiger partial charge in [0.05, 0.1) is 0 Å². The first-order chi connectivity index (χ1) is 4.13. The van der Waals surface area contributed by atoms with Crippen molar-refractivity contribution >= 4 is 37.9 Å². The average Bonchev–Trinajstić information content (AvgIpc) is 1.63. The topological polar surface area (TPSA) is 0 Å². The zero-order valence-electron chi connectivity index (χ0n) is 6.47. The normalized spacial score (nSPS) is 11.3. The van der Waals surface area contributed by atoms with Crippen molar-refractivity contribution in [3.8, 4) is 0 Å².